The summed E-state index contributed by atoms with van der Waals surface area (Å²) in [7, 11) is 4.62. The van der Waals surface area contributed by atoms with E-state index in [0.29, 0.717) is 36.0 Å². The Morgan fingerprint density at radius 1 is 1.33 bits per heavy atom. The summed E-state index contributed by atoms with van der Waals surface area (Å²) in [6, 6.07) is 3.17. The van der Waals surface area contributed by atoms with Crippen molar-refractivity contribution in [1.29, 1.82) is 0 Å². The Balaban J connectivity index is 1.88. The maximum atomic E-state index is 12.9. The van der Waals surface area contributed by atoms with E-state index in [2.05, 4.69) is 5.32 Å². The van der Waals surface area contributed by atoms with Gasteiger partial charge in [-0.3, -0.25) is 9.59 Å². The monoisotopic (exact) mass is 352 g/mol. The Bertz CT molecular complexity index is 666. The van der Waals surface area contributed by atoms with Crippen LogP contribution in [0.25, 0.3) is 0 Å². The zero-order valence-corrected chi connectivity index (χ0v) is 14.6. The van der Waals surface area contributed by atoms with E-state index < -0.39 is 6.04 Å². The van der Waals surface area contributed by atoms with E-state index in [1.54, 1.807) is 29.8 Å². The highest BCUT2D eigenvalue weighted by molar-refractivity contribution is 7.99. The van der Waals surface area contributed by atoms with Crippen LogP contribution in [0.3, 0.4) is 0 Å². The van der Waals surface area contributed by atoms with Crippen molar-refractivity contribution in [3.8, 4) is 11.5 Å². The molecule has 2 aliphatic heterocycles. The molecule has 8 heteroatoms. The predicted molar refractivity (Wildman–Crippen MR) is 89.6 cm³/mol. The SMILES string of the molecule is COCCNC(=O)[C@@H]1CS[C@@H]2c3ccc(OC)c(OC)c3C(=O)N21. The minimum absolute atomic E-state index is 0.158. The van der Waals surface area contributed by atoms with Gasteiger partial charge in [0.2, 0.25) is 5.91 Å². The third-order valence-electron chi connectivity index (χ3n) is 4.20. The summed E-state index contributed by atoms with van der Waals surface area (Å²) >= 11 is 1.58. The average molecular weight is 352 g/mol. The molecule has 0 aliphatic carbocycles. The molecule has 2 heterocycles. The van der Waals surface area contributed by atoms with Crippen LogP contribution in [0.1, 0.15) is 21.3 Å². The smallest absolute Gasteiger partial charge is 0.260 e. The number of hydrogen-bond donors (Lipinski definition) is 1. The first-order valence-corrected chi connectivity index (χ1v) is 8.64. The molecule has 0 spiro atoms. The third kappa shape index (κ3) is 2.59. The van der Waals surface area contributed by atoms with Gasteiger partial charge < -0.3 is 24.4 Å². The molecule has 130 valence electrons. The molecule has 1 saturated heterocycles. The summed E-state index contributed by atoms with van der Waals surface area (Å²) in [5.74, 6) is 1.16. The van der Waals surface area contributed by atoms with Crippen molar-refractivity contribution >= 4 is 23.6 Å². The Morgan fingerprint density at radius 3 is 2.79 bits per heavy atom. The number of ether oxygens (including phenoxy) is 3. The van der Waals surface area contributed by atoms with E-state index in [9.17, 15) is 9.59 Å². The predicted octanol–water partition coefficient (Wildman–Crippen LogP) is 1.04. The number of benzene rings is 1. The van der Waals surface area contributed by atoms with Crippen molar-refractivity contribution in [2.24, 2.45) is 0 Å². The molecule has 2 aliphatic rings. The molecule has 7 nitrogen and oxygen atoms in total. The highest BCUT2D eigenvalue weighted by atomic mass is 32.2. The van der Waals surface area contributed by atoms with Gasteiger partial charge in [0.05, 0.1) is 26.4 Å². The Labute approximate surface area is 144 Å². The molecule has 2 amide bonds. The molecule has 24 heavy (non-hydrogen) atoms. The maximum Gasteiger partial charge on any atom is 0.260 e. The van der Waals surface area contributed by atoms with Crippen molar-refractivity contribution in [2.45, 2.75) is 11.4 Å². The van der Waals surface area contributed by atoms with Gasteiger partial charge in [-0.25, -0.2) is 0 Å². The van der Waals surface area contributed by atoms with Gasteiger partial charge in [0.1, 0.15) is 11.4 Å². The molecule has 0 aromatic heterocycles. The second-order valence-electron chi connectivity index (χ2n) is 5.46. The Kier molecular flexibility index (Phi) is 4.86. The lowest BCUT2D eigenvalue weighted by Gasteiger charge is -2.22. The molecule has 1 aromatic rings. The lowest BCUT2D eigenvalue weighted by atomic mass is 10.1. The highest BCUT2D eigenvalue weighted by Crippen LogP contribution is 2.52. The van der Waals surface area contributed by atoms with Gasteiger partial charge in [-0.2, -0.15) is 0 Å². The van der Waals surface area contributed by atoms with Gasteiger partial charge in [0.15, 0.2) is 11.5 Å². The number of carbonyl (C=O) groups excluding carboxylic acids is 2. The summed E-state index contributed by atoms with van der Waals surface area (Å²) < 4.78 is 15.6. The minimum Gasteiger partial charge on any atom is -0.493 e. The molecule has 1 aromatic carbocycles. The fourth-order valence-electron chi connectivity index (χ4n) is 3.09. The number of fused-ring (bicyclic) bond motifs is 3. The van der Waals surface area contributed by atoms with Gasteiger partial charge in [-0.1, -0.05) is 6.07 Å². The molecule has 3 rings (SSSR count). The van der Waals surface area contributed by atoms with Crippen molar-refractivity contribution < 1.29 is 23.8 Å². The van der Waals surface area contributed by atoms with Crippen LogP contribution < -0.4 is 14.8 Å². The molecule has 0 radical (unpaired) electrons. The van der Waals surface area contributed by atoms with Crippen LogP contribution in [0.5, 0.6) is 11.5 Å². The van der Waals surface area contributed by atoms with E-state index >= 15 is 0 Å². The number of amides is 2. The number of thioether (sulfide) groups is 1. The first kappa shape index (κ1) is 16.9. The average Bonchev–Trinajstić information content (AvgIpc) is 3.14. The third-order valence-corrected chi connectivity index (χ3v) is 5.51. The van der Waals surface area contributed by atoms with E-state index in [1.807, 2.05) is 6.07 Å². The zero-order valence-electron chi connectivity index (χ0n) is 13.8. The van der Waals surface area contributed by atoms with Crippen LogP contribution in [-0.2, 0) is 9.53 Å². The number of nitrogens with zero attached hydrogens (tertiary/aromatic N) is 1. The van der Waals surface area contributed by atoms with Crippen LogP contribution in [-0.4, -0.2) is 63.0 Å². The maximum absolute atomic E-state index is 12.9. The van der Waals surface area contributed by atoms with Crippen molar-refractivity contribution in [3.05, 3.63) is 23.3 Å². The number of carbonyl (C=O) groups is 2. The summed E-state index contributed by atoms with van der Waals surface area (Å²) in [4.78, 5) is 27.0. The second-order valence-corrected chi connectivity index (χ2v) is 6.58. The summed E-state index contributed by atoms with van der Waals surface area (Å²) in [6.07, 6.45) is 0. The first-order chi connectivity index (χ1) is 11.6. The van der Waals surface area contributed by atoms with E-state index in [0.717, 1.165) is 5.56 Å². The van der Waals surface area contributed by atoms with Gasteiger partial charge in [-0.15, -0.1) is 11.8 Å². The second kappa shape index (κ2) is 6.90. The number of nitrogens with one attached hydrogen (secondary N) is 1. The van der Waals surface area contributed by atoms with Crippen molar-refractivity contribution in [2.75, 3.05) is 40.2 Å². The van der Waals surface area contributed by atoms with Crippen LogP contribution in [0.15, 0.2) is 12.1 Å². The molecule has 1 fully saturated rings. The normalized spacial score (nSPS) is 21.5. The van der Waals surface area contributed by atoms with Crippen molar-refractivity contribution in [1.82, 2.24) is 10.2 Å². The molecular weight excluding hydrogens is 332 g/mol. The van der Waals surface area contributed by atoms with Crippen LogP contribution >= 0.6 is 11.8 Å². The standard InChI is InChI=1S/C16H20N2O5S/c1-21-7-6-17-14(19)10-8-24-16-9-4-5-11(22-2)13(23-3)12(9)15(20)18(10)16/h4-5,10,16H,6-8H2,1-3H3,(H,17,19)/t10-,16+/m0/s1. The van der Waals surface area contributed by atoms with E-state index in [-0.39, 0.29) is 17.2 Å². The van der Waals surface area contributed by atoms with Gasteiger partial charge >= 0.3 is 0 Å². The van der Waals surface area contributed by atoms with E-state index in [1.165, 1.54) is 14.2 Å². The Morgan fingerprint density at radius 2 is 2.12 bits per heavy atom. The molecule has 0 bridgehead atoms. The fourth-order valence-corrected chi connectivity index (χ4v) is 4.54. The topological polar surface area (TPSA) is 77.1 Å². The van der Waals surface area contributed by atoms with Crippen LogP contribution in [0, 0.1) is 0 Å². The molecule has 1 N–H and O–H groups in total. The first-order valence-electron chi connectivity index (χ1n) is 7.59. The highest BCUT2D eigenvalue weighted by Gasteiger charge is 2.50. The van der Waals surface area contributed by atoms with Crippen LogP contribution in [0.2, 0.25) is 0 Å². The zero-order chi connectivity index (χ0) is 17.3. The molecule has 2 atom stereocenters. The number of methoxy groups -OCH3 is 3. The molecule has 0 saturated carbocycles. The largest absolute Gasteiger partial charge is 0.493 e. The number of hydrogen-bond acceptors (Lipinski definition) is 6. The van der Waals surface area contributed by atoms with Crippen molar-refractivity contribution in [3.63, 3.8) is 0 Å². The van der Waals surface area contributed by atoms with E-state index in [4.69, 9.17) is 14.2 Å². The minimum atomic E-state index is -0.493. The lowest BCUT2D eigenvalue weighted by molar-refractivity contribution is -0.124. The van der Waals surface area contributed by atoms with Gasteiger partial charge in [0, 0.05) is 25.0 Å². The lowest BCUT2D eigenvalue weighted by Crippen LogP contribution is -2.46. The fraction of sp³-hybridized carbons (Fsp3) is 0.500. The van der Waals surface area contributed by atoms with Gasteiger partial charge in [-0.05, 0) is 6.07 Å². The van der Waals surface area contributed by atoms with Crippen LogP contribution in [0.4, 0.5) is 0 Å². The molecule has 0 unspecified atom stereocenters. The number of rotatable bonds is 6. The summed E-state index contributed by atoms with van der Waals surface area (Å²) in [5, 5.41) is 2.65. The quantitative estimate of drug-likeness (QED) is 0.771. The summed E-state index contributed by atoms with van der Waals surface area (Å²) in [5.41, 5.74) is 1.36. The Hall–Kier alpha value is -1.93. The van der Waals surface area contributed by atoms with Gasteiger partial charge in [0.25, 0.3) is 5.91 Å². The summed E-state index contributed by atoms with van der Waals surface area (Å²) in [6.45, 7) is 0.863. The molecular formula is C16H20N2O5S.